The minimum absolute atomic E-state index is 0. The van der Waals surface area contributed by atoms with E-state index in [2.05, 4.69) is 59.8 Å². The van der Waals surface area contributed by atoms with Crippen LogP contribution < -0.4 is 0 Å². The van der Waals surface area contributed by atoms with E-state index in [1.54, 1.807) is 72.9 Å². The largest absolute Gasteiger partial charge is 3.00 e. The maximum atomic E-state index is 11.9. The number of aromatic nitrogens is 12. The van der Waals surface area contributed by atoms with E-state index in [1.807, 2.05) is 91.0 Å². The number of H-pyrrole nitrogens is 6. The fourth-order valence-electron chi connectivity index (χ4n) is 9.72. The molecule has 419 valence electrons. The number of rotatable bonds is 3. The van der Waals surface area contributed by atoms with Crippen molar-refractivity contribution < 1.29 is 56.0 Å². The second-order valence-corrected chi connectivity index (χ2v) is 23.3. The van der Waals surface area contributed by atoms with E-state index in [-0.39, 0.29) is 51.2 Å². The van der Waals surface area contributed by atoms with Gasteiger partial charge < -0.3 is 43.6 Å². The molecule has 15 rings (SSSR count). The topological polar surface area (TPSA) is 344 Å². The second-order valence-electron chi connectivity index (χ2n) is 19.4. The van der Waals surface area contributed by atoms with Gasteiger partial charge in [0.25, 0.3) is 0 Å². The van der Waals surface area contributed by atoms with E-state index in [0.29, 0.717) is 34.2 Å². The molecule has 0 amide bonds. The molecule has 0 saturated heterocycles. The van der Waals surface area contributed by atoms with Crippen LogP contribution in [0.4, 0.5) is 0 Å². The van der Waals surface area contributed by atoms with Gasteiger partial charge in [-0.05, 0) is 200 Å². The van der Waals surface area contributed by atoms with E-state index < -0.39 is 45.0 Å². The first-order valence-corrected chi connectivity index (χ1v) is 29.6. The van der Waals surface area contributed by atoms with E-state index in [9.17, 15) is 38.9 Å². The quantitative estimate of drug-likeness (QED) is 0.0707. The molecule has 6 N–H and O–H groups in total. The number of aromatic amines is 6. The van der Waals surface area contributed by atoms with E-state index in [4.69, 9.17) is 0 Å². The van der Waals surface area contributed by atoms with Crippen LogP contribution in [-0.4, -0.2) is 98.7 Å². The Labute approximate surface area is 492 Å². The van der Waals surface area contributed by atoms with E-state index in [1.165, 1.54) is 36.5 Å². The molecule has 15 heterocycles. The van der Waals surface area contributed by atoms with Crippen LogP contribution in [0.25, 0.3) is 139 Å². The zero-order valence-corrected chi connectivity index (χ0v) is 47.0. The minimum Gasteiger partial charge on any atom is -0.744 e. The Balaban J connectivity index is 0.000000124. The summed E-state index contributed by atoms with van der Waals surface area (Å²) in [6.07, 6.45) is 19.1. The summed E-state index contributed by atoms with van der Waals surface area (Å²) in [5, 5.41) is 0. The molecule has 9 aromatic heterocycles. The van der Waals surface area contributed by atoms with Gasteiger partial charge in [-0.15, -0.1) is 0 Å². The molecule has 6 aliphatic heterocycles. The molecule has 24 bridgehead atoms. The summed E-state index contributed by atoms with van der Waals surface area (Å²) < 4.78 is 107. The van der Waals surface area contributed by atoms with Crippen molar-refractivity contribution in [1.29, 1.82) is 0 Å². The Morgan fingerprint density at radius 3 is 0.518 bits per heavy atom. The second kappa shape index (κ2) is 22.0. The molecule has 0 fully saturated rings. The van der Waals surface area contributed by atoms with Crippen molar-refractivity contribution in [3.8, 4) is 0 Å². The zero-order valence-electron chi connectivity index (χ0n) is 43.5. The van der Waals surface area contributed by atoms with Crippen LogP contribution >= 0.6 is 0 Å². The molecule has 0 unspecified atom stereocenters. The molecule has 0 aromatic carbocycles. The number of hydrogen-bond donors (Lipinski definition) is 6. The van der Waals surface area contributed by atoms with Gasteiger partial charge in [0.1, 0.15) is 45.0 Å². The Morgan fingerprint density at radius 1 is 0.235 bits per heavy atom. The summed E-state index contributed by atoms with van der Waals surface area (Å²) in [5.74, 6) is 0. The normalized spacial score (nSPS) is 13.0. The van der Waals surface area contributed by atoms with Gasteiger partial charge in [0.2, 0.25) is 0 Å². The predicted molar refractivity (Wildman–Crippen MR) is 320 cm³/mol. The fraction of sp³-hybridized carbons (Fsp3) is 0. The Kier molecular flexibility index (Phi) is 14.4. The van der Waals surface area contributed by atoms with E-state index >= 15 is 0 Å². The van der Waals surface area contributed by atoms with E-state index in [0.717, 1.165) is 66.2 Å². The average molecular weight is 1220 g/mol. The Hall–Kier alpha value is -9.95. The van der Waals surface area contributed by atoms with Crippen LogP contribution in [0.2, 0.25) is 0 Å². The molecule has 0 spiro atoms. The van der Waals surface area contributed by atoms with Gasteiger partial charge >= 0.3 is 17.1 Å². The molecular weight excluding hydrogens is 1180 g/mol. The molecule has 0 atom stereocenters. The number of hydrogen-bond acceptors (Lipinski definition) is 15. The standard InChI is InChI=1S/3C20H14N4O3S.Fe/c3*25-28(26,27)20-18-7-5-16(23-18)10-14-3-1-12(21-14)9-13-2-4-15(22-13)11-17-6-8-19(20)24-17;/h3*1-11,21-22H,(H,25,26,27);/q;;;+3/p-3. The summed E-state index contributed by atoms with van der Waals surface area (Å²) >= 11 is 0. The van der Waals surface area contributed by atoms with Gasteiger partial charge in [0.15, 0.2) is 0 Å². The minimum atomic E-state index is -4.77. The Bertz CT molecular complexity index is 4590. The van der Waals surface area contributed by atoms with Crippen LogP contribution in [-0.2, 0) is 47.4 Å². The molecule has 9 aromatic rings. The van der Waals surface area contributed by atoms with Crippen molar-refractivity contribution in [2.75, 3.05) is 0 Å². The summed E-state index contributed by atoms with van der Waals surface area (Å²) in [7, 11) is -14.3. The molecule has 6 aliphatic rings. The monoisotopic (exact) mass is 1220 g/mol. The SMILES string of the molecule is O=S(=O)([O-])c1c2nc(cc3ccc(cc4ccc(cc5nc1C=C5)[nH]4)[nH]3)C=C2.O=S(=O)([O-])c1c2nc(cc3ccc(cc4ccc(cc5nc1C=C5)[nH]4)[nH]3)C=C2.O=S(=O)([O-])c1c2nc(cc3ccc(cc4ccc(cc5nc1C=C5)[nH]4)[nH]3)C=C2.[Fe+3]. The molecule has 0 aliphatic carbocycles. The number of fused-ring (bicyclic) bond motifs is 24. The molecule has 21 nitrogen and oxygen atoms in total. The summed E-state index contributed by atoms with van der Waals surface area (Å²) in [6, 6.07) is 39.6. The fourth-order valence-corrected chi connectivity index (χ4v) is 11.9. The third-order valence-electron chi connectivity index (χ3n) is 13.3. The van der Waals surface area contributed by atoms with Gasteiger partial charge in [0, 0.05) is 66.2 Å². The van der Waals surface area contributed by atoms with Crippen LogP contribution in [0.15, 0.2) is 142 Å². The van der Waals surface area contributed by atoms with Crippen molar-refractivity contribution >= 4 is 169 Å². The molecular formula is C60H39FeN12O9S3. The van der Waals surface area contributed by atoms with Gasteiger partial charge in [-0.25, -0.2) is 55.2 Å². The predicted octanol–water partition coefficient (Wildman–Crippen LogP) is 10.7. The van der Waals surface area contributed by atoms with Gasteiger partial charge in [-0.2, -0.15) is 0 Å². The summed E-state index contributed by atoms with van der Waals surface area (Å²) in [5.41, 5.74) is 14.0. The van der Waals surface area contributed by atoms with Crippen molar-refractivity contribution in [3.63, 3.8) is 0 Å². The smallest absolute Gasteiger partial charge is 0.744 e. The van der Waals surface area contributed by atoms with Crippen molar-refractivity contribution in [2.24, 2.45) is 0 Å². The van der Waals surface area contributed by atoms with Crippen molar-refractivity contribution in [1.82, 2.24) is 59.8 Å². The zero-order chi connectivity index (χ0) is 57.9. The van der Waals surface area contributed by atoms with Gasteiger partial charge in [0.05, 0.1) is 68.3 Å². The maximum Gasteiger partial charge on any atom is 3.00 e. The summed E-state index contributed by atoms with van der Waals surface area (Å²) in [6.45, 7) is 0. The first-order chi connectivity index (χ1) is 40.3. The van der Waals surface area contributed by atoms with Crippen LogP contribution in [0.5, 0.6) is 0 Å². The van der Waals surface area contributed by atoms with Crippen molar-refractivity contribution in [3.05, 3.63) is 196 Å². The van der Waals surface area contributed by atoms with Gasteiger partial charge in [-0.1, -0.05) is 0 Å². The molecule has 25 heteroatoms. The van der Waals surface area contributed by atoms with Crippen LogP contribution in [0.1, 0.15) is 68.3 Å². The third kappa shape index (κ3) is 12.4. The van der Waals surface area contributed by atoms with Crippen LogP contribution in [0, 0.1) is 0 Å². The first-order valence-electron chi connectivity index (χ1n) is 25.4. The average Bonchev–Trinajstić information content (AvgIpc) is 2.54. The van der Waals surface area contributed by atoms with Crippen molar-refractivity contribution in [2.45, 2.75) is 14.7 Å². The summed E-state index contributed by atoms with van der Waals surface area (Å²) in [4.78, 5) is 44.1. The third-order valence-corrected chi connectivity index (χ3v) is 16.0. The molecule has 1 radical (unpaired) electrons. The van der Waals surface area contributed by atoms with Gasteiger partial charge in [-0.3, -0.25) is 0 Å². The first kappa shape index (κ1) is 55.6. The maximum absolute atomic E-state index is 11.9. The molecule has 85 heavy (non-hydrogen) atoms. The van der Waals surface area contributed by atoms with Crippen LogP contribution in [0.3, 0.4) is 0 Å². The Morgan fingerprint density at radius 2 is 0.376 bits per heavy atom. The molecule has 0 saturated carbocycles. The number of nitrogens with one attached hydrogen (secondary N) is 6. The number of nitrogens with zero attached hydrogens (tertiary/aromatic N) is 6.